The lowest BCUT2D eigenvalue weighted by molar-refractivity contribution is -0.137. The summed E-state index contributed by atoms with van der Waals surface area (Å²) in [7, 11) is 0. The lowest BCUT2D eigenvalue weighted by atomic mass is 9.98. The summed E-state index contributed by atoms with van der Waals surface area (Å²) in [6.45, 7) is 1.84. The summed E-state index contributed by atoms with van der Waals surface area (Å²) in [5, 5.41) is 0.801. The SMILES string of the molecule is CCOC(=O)c1cc(-c2cccc(C(F)(F)F)c2)cnc1-c1ccnc2ccccc12. The number of alkyl halides is 3. The zero-order valence-electron chi connectivity index (χ0n) is 16.5. The fourth-order valence-corrected chi connectivity index (χ4v) is 3.38. The van der Waals surface area contributed by atoms with Gasteiger partial charge >= 0.3 is 12.1 Å². The number of pyridine rings is 2. The molecule has 0 saturated heterocycles. The third kappa shape index (κ3) is 4.12. The van der Waals surface area contributed by atoms with Crippen molar-refractivity contribution in [3.8, 4) is 22.4 Å². The molecule has 0 saturated carbocycles. The Morgan fingerprint density at radius 3 is 2.55 bits per heavy atom. The lowest BCUT2D eigenvalue weighted by Crippen LogP contribution is -2.08. The van der Waals surface area contributed by atoms with Gasteiger partial charge in [-0.2, -0.15) is 13.2 Å². The second-order valence-electron chi connectivity index (χ2n) is 6.79. The number of ether oxygens (including phenoxy) is 1. The number of carbonyl (C=O) groups excluding carboxylic acids is 1. The average molecular weight is 422 g/mol. The van der Waals surface area contributed by atoms with Gasteiger partial charge in [0.25, 0.3) is 0 Å². The first-order chi connectivity index (χ1) is 14.9. The topological polar surface area (TPSA) is 52.1 Å². The Kier molecular flexibility index (Phi) is 5.42. The van der Waals surface area contributed by atoms with Crippen LogP contribution in [0, 0.1) is 0 Å². The van der Waals surface area contributed by atoms with Gasteiger partial charge in [-0.1, -0.05) is 30.3 Å². The molecule has 2 aromatic carbocycles. The first kappa shape index (κ1) is 20.5. The summed E-state index contributed by atoms with van der Waals surface area (Å²) in [5.74, 6) is -0.597. The number of halogens is 3. The molecular weight excluding hydrogens is 405 g/mol. The maximum absolute atomic E-state index is 13.1. The Hall–Kier alpha value is -3.74. The predicted molar refractivity (Wildman–Crippen MR) is 111 cm³/mol. The van der Waals surface area contributed by atoms with Gasteiger partial charge in [0.2, 0.25) is 0 Å². The van der Waals surface area contributed by atoms with Crippen molar-refractivity contribution in [1.29, 1.82) is 0 Å². The number of hydrogen-bond acceptors (Lipinski definition) is 4. The molecule has 4 aromatic rings. The Labute approximate surface area is 176 Å². The number of fused-ring (bicyclic) bond motifs is 1. The Morgan fingerprint density at radius 2 is 1.77 bits per heavy atom. The van der Waals surface area contributed by atoms with Gasteiger partial charge in [-0.05, 0) is 42.8 Å². The molecule has 0 bridgehead atoms. The predicted octanol–water partition coefficient (Wildman–Crippen LogP) is 6.16. The number of aromatic nitrogens is 2. The molecule has 0 unspecified atom stereocenters. The maximum atomic E-state index is 13.1. The van der Waals surface area contributed by atoms with Crippen LogP contribution in [0.1, 0.15) is 22.8 Å². The van der Waals surface area contributed by atoms with E-state index in [4.69, 9.17) is 4.74 Å². The van der Waals surface area contributed by atoms with Gasteiger partial charge in [0, 0.05) is 28.9 Å². The van der Waals surface area contributed by atoms with E-state index in [0.717, 1.165) is 23.0 Å². The van der Waals surface area contributed by atoms with Crippen LogP contribution in [-0.2, 0) is 10.9 Å². The number of nitrogens with zero attached hydrogens (tertiary/aromatic N) is 2. The van der Waals surface area contributed by atoms with E-state index in [1.165, 1.54) is 18.3 Å². The number of carbonyl (C=O) groups is 1. The molecule has 156 valence electrons. The molecule has 0 atom stereocenters. The van der Waals surface area contributed by atoms with E-state index in [2.05, 4.69) is 9.97 Å². The van der Waals surface area contributed by atoms with Crippen molar-refractivity contribution in [3.63, 3.8) is 0 Å². The minimum atomic E-state index is -4.47. The standard InChI is InChI=1S/C24H17F3N2O2/c1-2-31-23(30)20-13-16(15-6-5-7-17(12-15)24(25,26)27)14-29-22(20)19-10-11-28-21-9-4-3-8-18(19)21/h3-14H,2H2,1H3. The van der Waals surface area contributed by atoms with Crippen LogP contribution in [0.2, 0.25) is 0 Å². The molecule has 0 aliphatic carbocycles. The summed E-state index contributed by atoms with van der Waals surface area (Å²) >= 11 is 0. The smallest absolute Gasteiger partial charge is 0.416 e. The summed E-state index contributed by atoms with van der Waals surface area (Å²) in [6.07, 6.45) is -1.39. The quantitative estimate of drug-likeness (QED) is 0.370. The summed E-state index contributed by atoms with van der Waals surface area (Å²) in [5.41, 5.74) is 1.89. The number of benzene rings is 2. The molecule has 4 nitrogen and oxygen atoms in total. The van der Waals surface area contributed by atoms with E-state index < -0.39 is 17.7 Å². The van der Waals surface area contributed by atoms with Crippen molar-refractivity contribution in [2.24, 2.45) is 0 Å². The highest BCUT2D eigenvalue weighted by molar-refractivity contribution is 6.02. The molecule has 4 rings (SSSR count). The molecule has 0 aliphatic heterocycles. The summed E-state index contributed by atoms with van der Waals surface area (Å²) in [6, 6.07) is 15.6. The van der Waals surface area contributed by atoms with Crippen LogP contribution in [0.4, 0.5) is 13.2 Å². The van der Waals surface area contributed by atoms with E-state index in [1.807, 2.05) is 24.3 Å². The van der Waals surface area contributed by atoms with Crippen LogP contribution in [0.25, 0.3) is 33.3 Å². The molecule has 2 heterocycles. The molecule has 0 amide bonds. The van der Waals surface area contributed by atoms with E-state index >= 15 is 0 Å². The van der Waals surface area contributed by atoms with Crippen LogP contribution < -0.4 is 0 Å². The van der Waals surface area contributed by atoms with Gasteiger partial charge < -0.3 is 4.74 Å². The first-order valence-corrected chi connectivity index (χ1v) is 9.57. The van der Waals surface area contributed by atoms with Gasteiger partial charge in [0.1, 0.15) is 0 Å². The molecule has 0 N–H and O–H groups in total. The van der Waals surface area contributed by atoms with Crippen molar-refractivity contribution < 1.29 is 22.7 Å². The van der Waals surface area contributed by atoms with Crippen LogP contribution in [0.5, 0.6) is 0 Å². The van der Waals surface area contributed by atoms with Gasteiger partial charge in [-0.15, -0.1) is 0 Å². The number of hydrogen-bond donors (Lipinski definition) is 0. The highest BCUT2D eigenvalue weighted by atomic mass is 19.4. The highest BCUT2D eigenvalue weighted by Gasteiger charge is 2.30. The molecule has 0 aliphatic rings. The Balaban J connectivity index is 1.90. The van der Waals surface area contributed by atoms with Gasteiger partial charge in [-0.25, -0.2) is 4.79 Å². The fourth-order valence-electron chi connectivity index (χ4n) is 3.38. The number of para-hydroxylation sites is 1. The van der Waals surface area contributed by atoms with Crippen molar-refractivity contribution in [1.82, 2.24) is 9.97 Å². The third-order valence-corrected chi connectivity index (χ3v) is 4.81. The van der Waals surface area contributed by atoms with Crippen LogP contribution in [0.15, 0.2) is 73.1 Å². The largest absolute Gasteiger partial charge is 0.462 e. The van der Waals surface area contributed by atoms with Crippen molar-refractivity contribution in [2.45, 2.75) is 13.1 Å². The van der Waals surface area contributed by atoms with E-state index in [0.29, 0.717) is 22.4 Å². The third-order valence-electron chi connectivity index (χ3n) is 4.81. The Morgan fingerprint density at radius 1 is 0.968 bits per heavy atom. The monoisotopic (exact) mass is 422 g/mol. The lowest BCUT2D eigenvalue weighted by Gasteiger charge is -2.13. The fraction of sp³-hybridized carbons (Fsp3) is 0.125. The second-order valence-corrected chi connectivity index (χ2v) is 6.79. The van der Waals surface area contributed by atoms with E-state index in [9.17, 15) is 18.0 Å². The number of esters is 1. The van der Waals surface area contributed by atoms with Crippen molar-refractivity contribution >= 4 is 16.9 Å². The maximum Gasteiger partial charge on any atom is 0.416 e. The molecule has 2 aromatic heterocycles. The van der Waals surface area contributed by atoms with Crippen molar-refractivity contribution in [3.05, 3.63) is 84.2 Å². The van der Waals surface area contributed by atoms with Gasteiger partial charge in [-0.3, -0.25) is 9.97 Å². The van der Waals surface area contributed by atoms with Gasteiger partial charge in [0.05, 0.1) is 28.9 Å². The van der Waals surface area contributed by atoms with E-state index in [1.54, 1.807) is 25.3 Å². The molecule has 0 radical (unpaired) electrons. The zero-order chi connectivity index (χ0) is 22.0. The molecular formula is C24H17F3N2O2. The molecule has 7 heteroatoms. The highest BCUT2D eigenvalue weighted by Crippen LogP contribution is 2.34. The summed E-state index contributed by atoms with van der Waals surface area (Å²) in [4.78, 5) is 21.5. The number of rotatable bonds is 4. The van der Waals surface area contributed by atoms with Crippen LogP contribution >= 0.6 is 0 Å². The van der Waals surface area contributed by atoms with Crippen molar-refractivity contribution in [2.75, 3.05) is 6.61 Å². The zero-order valence-corrected chi connectivity index (χ0v) is 16.5. The minimum absolute atomic E-state index is 0.156. The molecule has 31 heavy (non-hydrogen) atoms. The first-order valence-electron chi connectivity index (χ1n) is 9.57. The normalized spacial score (nSPS) is 11.5. The average Bonchev–Trinajstić information content (AvgIpc) is 2.78. The molecule has 0 spiro atoms. The van der Waals surface area contributed by atoms with Crippen LogP contribution in [-0.4, -0.2) is 22.5 Å². The minimum Gasteiger partial charge on any atom is -0.462 e. The summed E-state index contributed by atoms with van der Waals surface area (Å²) < 4.78 is 44.6. The van der Waals surface area contributed by atoms with E-state index in [-0.39, 0.29) is 12.2 Å². The van der Waals surface area contributed by atoms with Crippen LogP contribution in [0.3, 0.4) is 0 Å². The van der Waals surface area contributed by atoms with Gasteiger partial charge in [0.15, 0.2) is 0 Å². The second kappa shape index (κ2) is 8.18. The Bertz CT molecular complexity index is 1260. The molecule has 0 fully saturated rings.